The van der Waals surface area contributed by atoms with Crippen LogP contribution in [-0.4, -0.2) is 23.5 Å². The van der Waals surface area contributed by atoms with E-state index in [1.54, 1.807) is 25.1 Å². The van der Waals surface area contributed by atoms with Crippen LogP contribution in [0.5, 0.6) is 0 Å². The third-order valence-electron chi connectivity index (χ3n) is 5.55. The van der Waals surface area contributed by atoms with E-state index >= 15 is 0 Å². The van der Waals surface area contributed by atoms with Gasteiger partial charge in [-0.1, -0.05) is 98.9 Å². The van der Waals surface area contributed by atoms with Crippen LogP contribution in [0.4, 0.5) is 11.4 Å². The van der Waals surface area contributed by atoms with Crippen molar-refractivity contribution in [1.82, 2.24) is 0 Å². The van der Waals surface area contributed by atoms with E-state index in [4.69, 9.17) is 92.8 Å². The fourth-order valence-electron chi connectivity index (χ4n) is 3.74. The van der Waals surface area contributed by atoms with Crippen LogP contribution < -0.4 is 69.3 Å². The van der Waals surface area contributed by atoms with Crippen LogP contribution in [0.1, 0.15) is 27.8 Å². The topological polar surface area (TPSA) is 95.6 Å². The minimum atomic E-state index is -0.657. The fourth-order valence-corrected chi connectivity index (χ4v) is 5.78. The van der Waals surface area contributed by atoms with Crippen LogP contribution in [0.2, 0.25) is 40.2 Å². The third kappa shape index (κ3) is 5.66. The van der Waals surface area contributed by atoms with Gasteiger partial charge in [0, 0.05) is 27.8 Å². The molecule has 16 heteroatoms. The number of nitrogens with zero attached hydrogens (tertiary/aromatic N) is 4. The van der Waals surface area contributed by atoms with Gasteiger partial charge in [0.1, 0.15) is 0 Å². The van der Waals surface area contributed by atoms with Crippen molar-refractivity contribution in [2.75, 3.05) is 0 Å². The van der Waals surface area contributed by atoms with Crippen LogP contribution in [0.25, 0.3) is 0 Å². The predicted octanol–water partition coefficient (Wildman–Crippen LogP) is 1.63. The summed E-state index contributed by atoms with van der Waals surface area (Å²) in [6.07, 6.45) is 0. The van der Waals surface area contributed by atoms with Crippen LogP contribution in [-0.2, 0) is 0 Å². The molecule has 0 unspecified atom stereocenters. The van der Waals surface area contributed by atoms with Crippen molar-refractivity contribution in [2.24, 2.45) is 20.0 Å². The molecule has 0 saturated carbocycles. The predicted molar refractivity (Wildman–Crippen MR) is 150 cm³/mol. The van der Waals surface area contributed by atoms with E-state index in [1.807, 2.05) is 0 Å². The summed E-state index contributed by atoms with van der Waals surface area (Å²) in [5.74, 6) is -1.31. The van der Waals surface area contributed by atoms with Crippen molar-refractivity contribution in [2.45, 2.75) is 6.92 Å². The number of amidine groups is 2. The Morgan fingerprint density at radius 1 is 0.538 bits per heavy atom. The zero-order valence-electron chi connectivity index (χ0n) is 19.9. The van der Waals surface area contributed by atoms with E-state index in [-0.39, 0.29) is 133 Å². The smallest absolute Gasteiger partial charge is 0.858 e. The van der Waals surface area contributed by atoms with Crippen molar-refractivity contribution in [3.63, 3.8) is 0 Å². The van der Waals surface area contributed by atoms with Crippen molar-refractivity contribution < 1.29 is 69.3 Å². The molecule has 188 valence electrons. The van der Waals surface area contributed by atoms with E-state index in [2.05, 4.69) is 20.0 Å². The van der Waals surface area contributed by atoms with E-state index in [0.29, 0.717) is 16.9 Å². The molecule has 6 nitrogen and oxygen atoms in total. The molecule has 39 heavy (non-hydrogen) atoms. The Kier molecular flexibility index (Phi) is 11.1. The molecule has 0 N–H and O–H groups in total. The minimum absolute atomic E-state index is 0. The summed E-state index contributed by atoms with van der Waals surface area (Å²) >= 11 is 49.7. The summed E-state index contributed by atoms with van der Waals surface area (Å²) < 4.78 is 0. The Labute approximate surface area is 306 Å². The maximum Gasteiger partial charge on any atom is 1.00 e. The molecule has 0 aromatic heterocycles. The van der Waals surface area contributed by atoms with Gasteiger partial charge in [-0.15, -0.1) is 0 Å². The first-order chi connectivity index (χ1) is 17.4. The molecular formula is C23H6Cl8N4Na2O2. The fraction of sp³-hybridized carbons (Fsp3) is 0.0435. The standard InChI is InChI=1S/C23H8Cl8N4O2.2Na/c1-5-6(32-20-8-10(22(36)34-20)14(26)18(30)16(28)12(8)24)3-2-4-7(5)33-21-9-11(23(37)35-21)15(27)19(31)17(29)13(9)25;;/h2-4H,1H3,(H,32,34,36)(H,33,35,37);;/q;2*+1/p-2. The molecule has 5 rings (SSSR count). The second-order valence-electron chi connectivity index (χ2n) is 7.64. The average Bonchev–Trinajstić information content (AvgIpc) is 3.36. The zero-order valence-corrected chi connectivity index (χ0v) is 29.9. The first-order valence-electron chi connectivity index (χ1n) is 9.95. The van der Waals surface area contributed by atoms with E-state index in [1.165, 1.54) is 0 Å². The van der Waals surface area contributed by atoms with E-state index in [0.717, 1.165) is 0 Å². The van der Waals surface area contributed by atoms with Gasteiger partial charge in [-0.3, -0.25) is 0 Å². The van der Waals surface area contributed by atoms with Crippen LogP contribution in [0, 0.1) is 6.92 Å². The quantitative estimate of drug-likeness (QED) is 0.231. The number of halogens is 8. The first kappa shape index (κ1) is 33.8. The molecule has 0 amide bonds. The van der Waals surface area contributed by atoms with Crippen LogP contribution in [0.3, 0.4) is 0 Å². The SMILES string of the molecule is Cc1c(N=C2N=C([O-])c3c(Cl)c(Cl)c(Cl)c(Cl)c32)cccc1N=C1N=C([O-])c2c(Cl)c(Cl)c(Cl)c(Cl)c21.[Na+].[Na+]. The number of benzene rings is 3. The molecular weight excluding hydrogens is 694 g/mol. The first-order valence-corrected chi connectivity index (χ1v) is 13.0. The molecule has 0 bridgehead atoms. The summed E-state index contributed by atoms with van der Waals surface area (Å²) in [5, 5.41) is 24.8. The van der Waals surface area contributed by atoms with Gasteiger partial charge in [0.15, 0.2) is 11.7 Å². The molecule has 0 atom stereocenters. The summed E-state index contributed by atoms with van der Waals surface area (Å²) in [6, 6.07) is 5.00. The van der Waals surface area contributed by atoms with Gasteiger partial charge in [0.25, 0.3) is 0 Å². The Morgan fingerprint density at radius 2 is 0.846 bits per heavy atom. The second kappa shape index (κ2) is 12.9. The van der Waals surface area contributed by atoms with E-state index in [9.17, 15) is 10.2 Å². The number of fused-ring (bicyclic) bond motifs is 2. The second-order valence-corrected chi connectivity index (χ2v) is 10.7. The van der Waals surface area contributed by atoms with Gasteiger partial charge in [0.2, 0.25) is 0 Å². The largest absolute Gasteiger partial charge is 1.00 e. The maximum absolute atomic E-state index is 12.5. The average molecular weight is 700 g/mol. The van der Waals surface area contributed by atoms with Crippen molar-refractivity contribution in [3.05, 3.63) is 86.2 Å². The number of rotatable bonds is 2. The monoisotopic (exact) mass is 696 g/mol. The van der Waals surface area contributed by atoms with Gasteiger partial charge in [0.05, 0.1) is 51.6 Å². The summed E-state index contributed by atoms with van der Waals surface area (Å²) in [7, 11) is 0. The van der Waals surface area contributed by atoms with Gasteiger partial charge < -0.3 is 10.2 Å². The summed E-state index contributed by atoms with van der Waals surface area (Å²) in [5.41, 5.74) is 1.69. The summed E-state index contributed by atoms with van der Waals surface area (Å²) in [4.78, 5) is 17.0. The van der Waals surface area contributed by atoms with Crippen LogP contribution >= 0.6 is 92.8 Å². The summed E-state index contributed by atoms with van der Waals surface area (Å²) in [6.45, 7) is 1.72. The third-order valence-corrected chi connectivity index (χ3v) is 9.16. The van der Waals surface area contributed by atoms with Gasteiger partial charge in [-0.25, -0.2) is 20.0 Å². The Balaban J connectivity index is 0.00000210. The molecule has 0 spiro atoms. The number of hydrogen-bond donors (Lipinski definition) is 0. The Bertz CT molecular complexity index is 1590. The zero-order chi connectivity index (χ0) is 26.9. The van der Waals surface area contributed by atoms with Crippen molar-refractivity contribution in [3.8, 4) is 0 Å². The minimum Gasteiger partial charge on any atom is -0.858 e. The molecule has 3 aromatic carbocycles. The van der Waals surface area contributed by atoms with Crippen LogP contribution in [0.15, 0.2) is 38.2 Å². The molecule has 3 aromatic rings. The number of aliphatic imine (C=N–C) groups is 4. The molecule has 0 fully saturated rings. The van der Waals surface area contributed by atoms with Crippen molar-refractivity contribution in [1.29, 1.82) is 0 Å². The molecule has 2 aliphatic heterocycles. The Hall–Kier alpha value is 0.260. The normalized spacial score (nSPS) is 15.5. The van der Waals surface area contributed by atoms with E-state index < -0.39 is 11.8 Å². The molecule has 2 heterocycles. The molecule has 0 radical (unpaired) electrons. The molecule has 0 aliphatic carbocycles. The number of hydrogen-bond acceptors (Lipinski definition) is 4. The maximum atomic E-state index is 12.5. The Morgan fingerprint density at radius 3 is 1.18 bits per heavy atom. The molecule has 0 saturated heterocycles. The van der Waals surface area contributed by atoms with Gasteiger partial charge >= 0.3 is 59.1 Å². The molecule has 2 aliphatic rings. The van der Waals surface area contributed by atoms with Crippen molar-refractivity contribution >= 4 is 128 Å². The van der Waals surface area contributed by atoms with Gasteiger partial charge in [-0.2, -0.15) is 0 Å². The van der Waals surface area contributed by atoms with Gasteiger partial charge in [-0.05, 0) is 30.9 Å².